The fourth-order valence-corrected chi connectivity index (χ4v) is 5.50. The van der Waals surface area contributed by atoms with Crippen molar-refractivity contribution in [2.75, 3.05) is 10.6 Å². The van der Waals surface area contributed by atoms with Gasteiger partial charge in [0.15, 0.2) is 0 Å². The standard InChI is InChI=1S/C27H38F2N6/c1-17(31-19-9-6-5-7-10-19)32-25-23(16-30)33-26(34-24-21(28)11-8-12-22(24)29)35(25)20-14-13-18(15-20)27(2,3)4/h8,11-12,16,18-20,30-32H,1,5-7,9-10,13-15H2,2-4H3,(H,33,34)/t18-,20?/m1/s1. The molecule has 8 heteroatoms. The van der Waals surface area contributed by atoms with E-state index in [1.807, 2.05) is 4.57 Å². The zero-order valence-corrected chi connectivity index (χ0v) is 21.1. The number of nitrogens with one attached hydrogen (secondary N) is 4. The van der Waals surface area contributed by atoms with Crippen LogP contribution in [0.25, 0.3) is 0 Å². The minimum absolute atomic E-state index is 0.0720. The Bertz CT molecular complexity index is 1040. The lowest BCUT2D eigenvalue weighted by atomic mass is 9.80. The van der Waals surface area contributed by atoms with Crippen LogP contribution in [-0.2, 0) is 0 Å². The molecule has 2 aliphatic rings. The number of anilines is 3. The van der Waals surface area contributed by atoms with Crippen molar-refractivity contribution < 1.29 is 8.78 Å². The Morgan fingerprint density at radius 1 is 1.11 bits per heavy atom. The number of halogens is 2. The third-order valence-corrected chi connectivity index (χ3v) is 7.52. The van der Waals surface area contributed by atoms with E-state index in [-0.39, 0.29) is 17.1 Å². The van der Waals surface area contributed by atoms with Gasteiger partial charge in [0, 0.05) is 18.3 Å². The van der Waals surface area contributed by atoms with Crippen LogP contribution in [0.3, 0.4) is 0 Å². The van der Waals surface area contributed by atoms with Gasteiger partial charge in [-0.25, -0.2) is 13.8 Å². The molecule has 2 aromatic rings. The lowest BCUT2D eigenvalue weighted by Crippen LogP contribution is -2.33. The van der Waals surface area contributed by atoms with Crippen molar-refractivity contribution in [3.05, 3.63) is 47.9 Å². The summed E-state index contributed by atoms with van der Waals surface area (Å²) in [6, 6.07) is 4.21. The molecule has 2 aliphatic carbocycles. The summed E-state index contributed by atoms with van der Waals surface area (Å²) in [7, 11) is 0. The Labute approximate surface area is 207 Å². The summed E-state index contributed by atoms with van der Waals surface area (Å²) in [5.74, 6) is 0.718. The molecule has 190 valence electrons. The Kier molecular flexibility index (Phi) is 7.47. The number of rotatable bonds is 8. The summed E-state index contributed by atoms with van der Waals surface area (Å²) >= 11 is 0. The Morgan fingerprint density at radius 2 is 1.80 bits per heavy atom. The summed E-state index contributed by atoms with van der Waals surface area (Å²) in [4.78, 5) is 4.58. The number of para-hydroxylation sites is 1. The average molecular weight is 485 g/mol. The predicted octanol–water partition coefficient (Wildman–Crippen LogP) is 7.10. The van der Waals surface area contributed by atoms with Crippen LogP contribution in [0.4, 0.5) is 26.2 Å². The second-order valence-corrected chi connectivity index (χ2v) is 11.0. The van der Waals surface area contributed by atoms with E-state index in [4.69, 9.17) is 5.41 Å². The van der Waals surface area contributed by atoms with Crippen molar-refractivity contribution in [2.45, 2.75) is 84.2 Å². The Hall–Kier alpha value is -2.90. The van der Waals surface area contributed by atoms with Crippen LogP contribution in [0, 0.1) is 28.4 Å². The molecule has 0 bridgehead atoms. The maximum Gasteiger partial charge on any atom is 0.210 e. The molecule has 1 unspecified atom stereocenters. The van der Waals surface area contributed by atoms with E-state index in [2.05, 4.69) is 48.3 Å². The van der Waals surface area contributed by atoms with Crippen molar-refractivity contribution >= 4 is 23.7 Å². The van der Waals surface area contributed by atoms with E-state index >= 15 is 0 Å². The minimum Gasteiger partial charge on any atom is -0.369 e. The van der Waals surface area contributed by atoms with Gasteiger partial charge in [0.25, 0.3) is 0 Å². The number of nitrogens with zero attached hydrogens (tertiary/aromatic N) is 2. The molecule has 0 amide bonds. The van der Waals surface area contributed by atoms with Gasteiger partial charge < -0.3 is 21.4 Å². The van der Waals surface area contributed by atoms with E-state index < -0.39 is 11.6 Å². The first-order valence-electron chi connectivity index (χ1n) is 12.7. The van der Waals surface area contributed by atoms with Crippen molar-refractivity contribution in [2.24, 2.45) is 11.3 Å². The van der Waals surface area contributed by atoms with Crippen molar-refractivity contribution in [1.82, 2.24) is 14.9 Å². The summed E-state index contributed by atoms with van der Waals surface area (Å²) in [5.41, 5.74) is 0.311. The van der Waals surface area contributed by atoms with Crippen molar-refractivity contribution in [3.63, 3.8) is 0 Å². The van der Waals surface area contributed by atoms with Gasteiger partial charge in [0.05, 0.1) is 5.82 Å². The van der Waals surface area contributed by atoms with Crippen LogP contribution in [0.15, 0.2) is 30.6 Å². The molecule has 0 radical (unpaired) electrons. The van der Waals surface area contributed by atoms with Crippen molar-refractivity contribution in [3.8, 4) is 0 Å². The first-order valence-corrected chi connectivity index (χ1v) is 12.7. The smallest absolute Gasteiger partial charge is 0.210 e. The zero-order valence-electron chi connectivity index (χ0n) is 21.1. The van der Waals surface area contributed by atoms with E-state index in [0.29, 0.717) is 35.2 Å². The van der Waals surface area contributed by atoms with Crippen molar-refractivity contribution in [1.29, 1.82) is 5.41 Å². The number of hydrogen-bond acceptors (Lipinski definition) is 5. The first kappa shape index (κ1) is 25.2. The quantitative estimate of drug-likeness (QED) is 0.302. The van der Waals surface area contributed by atoms with E-state index in [9.17, 15) is 8.78 Å². The summed E-state index contributed by atoms with van der Waals surface area (Å²) in [6.45, 7) is 10.9. The SMILES string of the molecule is C=C(Nc1c(C=N)nc(Nc2c(F)cccc2F)n1C1CC[C@@H](C(C)(C)C)C1)NC1CCCCC1. The fourth-order valence-electron chi connectivity index (χ4n) is 5.50. The molecular weight excluding hydrogens is 446 g/mol. The molecule has 1 aromatic heterocycles. The molecule has 0 spiro atoms. The number of aromatic nitrogens is 2. The molecule has 0 saturated heterocycles. The van der Waals surface area contributed by atoms with E-state index in [1.165, 1.54) is 43.7 Å². The lowest BCUT2D eigenvalue weighted by Gasteiger charge is -2.28. The molecule has 6 nitrogen and oxygen atoms in total. The van der Waals surface area contributed by atoms with Crippen LogP contribution >= 0.6 is 0 Å². The van der Waals surface area contributed by atoms with Gasteiger partial charge >= 0.3 is 0 Å². The third-order valence-electron chi connectivity index (χ3n) is 7.52. The van der Waals surface area contributed by atoms with E-state index in [0.717, 1.165) is 32.1 Å². The average Bonchev–Trinajstić information content (AvgIpc) is 3.42. The maximum atomic E-state index is 14.5. The largest absolute Gasteiger partial charge is 0.369 e. The van der Waals surface area contributed by atoms with Gasteiger partial charge in [-0.15, -0.1) is 0 Å². The first-order chi connectivity index (χ1) is 16.7. The minimum atomic E-state index is -0.687. The van der Waals surface area contributed by atoms with Crippen LogP contribution < -0.4 is 16.0 Å². The second-order valence-electron chi connectivity index (χ2n) is 11.0. The fraction of sp³-hybridized carbons (Fsp3) is 0.556. The highest BCUT2D eigenvalue weighted by molar-refractivity contribution is 5.84. The Morgan fingerprint density at radius 3 is 2.40 bits per heavy atom. The summed E-state index contributed by atoms with van der Waals surface area (Å²) in [5, 5.41) is 17.7. The Balaban J connectivity index is 1.68. The molecule has 4 rings (SSSR count). The molecule has 1 aromatic carbocycles. The molecule has 1 heterocycles. The highest BCUT2D eigenvalue weighted by atomic mass is 19.1. The second kappa shape index (κ2) is 10.4. The predicted molar refractivity (Wildman–Crippen MR) is 138 cm³/mol. The number of benzene rings is 1. The zero-order chi connectivity index (χ0) is 25.2. The van der Waals surface area contributed by atoms with Crippen LogP contribution in [0.5, 0.6) is 0 Å². The highest BCUT2D eigenvalue weighted by Crippen LogP contribution is 2.46. The number of imidazole rings is 1. The number of hydrogen-bond donors (Lipinski definition) is 4. The highest BCUT2D eigenvalue weighted by Gasteiger charge is 2.36. The van der Waals surface area contributed by atoms with Gasteiger partial charge in [-0.05, 0) is 55.6 Å². The normalized spacial score (nSPS) is 21.1. The van der Waals surface area contributed by atoms with E-state index in [1.54, 1.807) is 0 Å². The molecule has 2 fully saturated rings. The maximum absolute atomic E-state index is 14.5. The van der Waals surface area contributed by atoms with Gasteiger partial charge in [0.2, 0.25) is 5.95 Å². The summed E-state index contributed by atoms with van der Waals surface area (Å²) in [6.07, 6.45) is 9.94. The molecule has 4 N–H and O–H groups in total. The topological polar surface area (TPSA) is 77.8 Å². The molecule has 2 atom stereocenters. The van der Waals surface area contributed by atoms with Gasteiger partial charge in [-0.1, -0.05) is 52.7 Å². The lowest BCUT2D eigenvalue weighted by molar-refractivity contribution is 0.239. The van der Waals surface area contributed by atoms with Gasteiger partial charge in [-0.2, -0.15) is 0 Å². The molecule has 0 aliphatic heterocycles. The monoisotopic (exact) mass is 484 g/mol. The van der Waals surface area contributed by atoms with Gasteiger partial charge in [0.1, 0.15) is 28.8 Å². The van der Waals surface area contributed by atoms with Gasteiger partial charge in [-0.3, -0.25) is 4.57 Å². The van der Waals surface area contributed by atoms with Crippen LogP contribution in [0.2, 0.25) is 0 Å². The molecular formula is C27H38F2N6. The molecule has 2 saturated carbocycles. The third kappa shape index (κ3) is 5.68. The van der Waals surface area contributed by atoms with Crippen LogP contribution in [0.1, 0.15) is 83.9 Å². The van der Waals surface area contributed by atoms with Crippen LogP contribution in [-0.4, -0.2) is 21.8 Å². The summed E-state index contributed by atoms with van der Waals surface area (Å²) < 4.78 is 31.0. The molecule has 35 heavy (non-hydrogen) atoms.